The van der Waals surface area contributed by atoms with Crippen LogP contribution in [0, 0.1) is 43.1 Å². The van der Waals surface area contributed by atoms with Crippen molar-refractivity contribution in [1.29, 1.82) is 10.5 Å². The van der Waals surface area contributed by atoms with E-state index in [-0.39, 0.29) is 45.1 Å². The van der Waals surface area contributed by atoms with E-state index in [1.807, 2.05) is 24.3 Å². The zero-order valence-electron chi connectivity index (χ0n) is 43.1. The van der Waals surface area contributed by atoms with Crippen LogP contribution in [-0.4, -0.2) is 40.7 Å². The van der Waals surface area contributed by atoms with Crippen LogP contribution in [-0.2, 0) is 73.4 Å². The fraction of sp³-hybridized carbons (Fsp3) is 0.138. The van der Waals surface area contributed by atoms with Crippen molar-refractivity contribution in [1.82, 2.24) is 29.7 Å². The Morgan fingerprint density at radius 1 is 0.325 bits per heavy atom. The summed E-state index contributed by atoms with van der Waals surface area (Å²) >= 11 is 0. The average Bonchev–Trinajstić information content (AvgIpc) is 3.39. The molecule has 0 fully saturated rings. The summed E-state index contributed by atoms with van der Waals surface area (Å²) in [4.78, 5) is 24.4. The molecule has 0 aliphatic rings. The molecule has 0 unspecified atom stereocenters. The summed E-state index contributed by atoms with van der Waals surface area (Å²) in [6, 6.07) is 75.0. The van der Waals surface area contributed by atoms with Crippen LogP contribution in [0.4, 0.5) is 0 Å². The van der Waals surface area contributed by atoms with Gasteiger partial charge >= 0.3 is 34.1 Å². The van der Waals surface area contributed by atoms with Crippen molar-refractivity contribution in [3.05, 3.63) is 240 Å². The zero-order chi connectivity index (χ0) is 54.8. The van der Waals surface area contributed by atoms with Gasteiger partial charge < -0.3 is 11.0 Å². The fourth-order valence-corrected chi connectivity index (χ4v) is 7.72. The topological polar surface area (TPSA) is 350 Å². The number of fused-ring (bicyclic) bond motifs is 4. The molecule has 2 N–H and O–H groups in total. The van der Waals surface area contributed by atoms with Crippen molar-refractivity contribution >= 4 is 43.6 Å². The SMILES string of the molecule is CC#N.CC#N.[Fe+3].[Fe+3].[O-][Cl+3]([O-])([O-])[O-].[O-][Cl+3]([O-])([O-])[O-].[OH-].[OH-].c1ccc(CN(Cc2ccc3ccccc3n2)Cc2ccc3ccccc3n2)cc1.c1ccc(CN(Cc2ccc3ccccc3n2)Cc2ccc3ccccc3n2)cc1. The Bertz CT molecular complexity index is 3050. The summed E-state index contributed by atoms with van der Waals surface area (Å²) in [5.74, 6) is 0. The zero-order valence-corrected chi connectivity index (χ0v) is 46.8. The summed E-state index contributed by atoms with van der Waals surface area (Å²) in [5, 5.41) is 19.3. The van der Waals surface area contributed by atoms with E-state index in [4.69, 9.17) is 67.7 Å². The maximum Gasteiger partial charge on any atom is 3.00 e. The van der Waals surface area contributed by atoms with Crippen molar-refractivity contribution in [2.45, 2.75) is 53.1 Å². The summed E-state index contributed by atoms with van der Waals surface area (Å²) in [6.07, 6.45) is 0. The number of benzene rings is 6. The monoisotopic (exact) mass is 1200 g/mol. The van der Waals surface area contributed by atoms with Crippen molar-refractivity contribution in [3.63, 3.8) is 0 Å². The van der Waals surface area contributed by atoms with Gasteiger partial charge in [-0.1, -0.05) is 158 Å². The van der Waals surface area contributed by atoms with E-state index in [2.05, 4.69) is 192 Å². The Morgan fingerprint density at radius 2 is 0.512 bits per heavy atom. The molecule has 0 saturated carbocycles. The van der Waals surface area contributed by atoms with Crippen LogP contribution in [0.5, 0.6) is 0 Å². The Morgan fingerprint density at radius 3 is 0.725 bits per heavy atom. The molecule has 10 rings (SSSR count). The second kappa shape index (κ2) is 37.1. The number of hydrogen-bond acceptors (Lipinski definition) is 18. The first-order valence-electron chi connectivity index (χ1n) is 23.3. The predicted octanol–water partition coefficient (Wildman–Crippen LogP) is 3.16. The Hall–Kier alpha value is -6.92. The molecule has 18 nitrogen and oxygen atoms in total. The summed E-state index contributed by atoms with van der Waals surface area (Å²) in [5.41, 5.74) is 11.0. The van der Waals surface area contributed by atoms with Crippen molar-refractivity contribution in [3.8, 4) is 12.1 Å². The van der Waals surface area contributed by atoms with Gasteiger partial charge in [-0.05, 0) is 59.7 Å². The normalized spacial score (nSPS) is 10.2. The molecule has 10 aromatic rings. The minimum atomic E-state index is -4.94. The first-order chi connectivity index (χ1) is 36.5. The van der Waals surface area contributed by atoms with Crippen LogP contribution < -0.4 is 37.3 Å². The van der Waals surface area contributed by atoms with Gasteiger partial charge in [-0.15, -0.1) is 20.5 Å². The van der Waals surface area contributed by atoms with Gasteiger partial charge in [-0.2, -0.15) is 10.5 Å². The second-order valence-corrected chi connectivity index (χ2v) is 18.0. The molecule has 0 aliphatic carbocycles. The molecule has 22 heteroatoms. The van der Waals surface area contributed by atoms with Gasteiger partial charge in [-0.3, -0.25) is 29.7 Å². The maximum absolute atomic E-state index is 8.49. The second-order valence-electron chi connectivity index (χ2n) is 16.4. The molecule has 0 saturated heterocycles. The van der Waals surface area contributed by atoms with Gasteiger partial charge in [0.15, 0.2) is 0 Å². The molecular formula is C58H54Cl2Fe2N8O10+2. The predicted molar refractivity (Wildman–Crippen MR) is 272 cm³/mol. The van der Waals surface area contributed by atoms with E-state index in [1.165, 1.54) is 46.5 Å². The molecule has 0 aliphatic heterocycles. The number of para-hydroxylation sites is 4. The van der Waals surface area contributed by atoms with E-state index in [0.717, 1.165) is 84.1 Å². The third-order valence-electron chi connectivity index (χ3n) is 10.7. The first kappa shape index (κ1) is 71.1. The number of nitrogens with zero attached hydrogens (tertiary/aromatic N) is 8. The van der Waals surface area contributed by atoms with Crippen LogP contribution in [0.3, 0.4) is 0 Å². The third kappa shape index (κ3) is 27.3. The van der Waals surface area contributed by atoms with E-state index in [9.17, 15) is 0 Å². The molecule has 0 bridgehead atoms. The third-order valence-corrected chi connectivity index (χ3v) is 10.7. The molecule has 80 heavy (non-hydrogen) atoms. The minimum absolute atomic E-state index is 0. The number of nitriles is 2. The van der Waals surface area contributed by atoms with Gasteiger partial charge in [0.25, 0.3) is 0 Å². The first-order valence-corrected chi connectivity index (χ1v) is 25.7. The van der Waals surface area contributed by atoms with Crippen LogP contribution in [0.1, 0.15) is 47.8 Å². The molecule has 2 radical (unpaired) electrons. The maximum atomic E-state index is 8.49. The van der Waals surface area contributed by atoms with Crippen LogP contribution in [0.15, 0.2) is 206 Å². The molecular weight excluding hydrogens is 1150 g/mol. The average molecular weight is 1210 g/mol. The molecule has 414 valence electrons. The van der Waals surface area contributed by atoms with E-state index in [0.29, 0.717) is 0 Å². The molecule has 0 amide bonds. The van der Waals surface area contributed by atoms with Crippen LogP contribution in [0.25, 0.3) is 43.6 Å². The number of hydrogen-bond donors (Lipinski definition) is 0. The molecule has 4 aromatic heterocycles. The Kier molecular flexibility index (Phi) is 33.0. The van der Waals surface area contributed by atoms with Crippen LogP contribution >= 0.6 is 0 Å². The molecule has 0 atom stereocenters. The van der Waals surface area contributed by atoms with E-state index in [1.54, 1.807) is 12.1 Å². The summed E-state index contributed by atoms with van der Waals surface area (Å²) < 4.78 is 67.9. The number of aromatic nitrogens is 4. The molecule has 4 heterocycles. The number of halogens is 2. The standard InChI is InChI=1S/2C27H23N3.2C2H3N.2ClHO4.2Fe.2H2O/c2*1-2-8-21(9-3-1)18-30(19-24-16-14-22-10-4-6-12-26(22)28-24)20-25-17-15-23-11-5-7-13-27(23)29-25;2*1-2-3;2*2-1(3,4)5;;;;/h2*1-17H,18-20H2;2*1H3;2*(H,2,3,4,5);;;2*1H2/q;;;;;;2*+3;;/p-4. The molecule has 6 aromatic carbocycles. The van der Waals surface area contributed by atoms with E-state index >= 15 is 0 Å². The van der Waals surface area contributed by atoms with Gasteiger partial charge in [0.2, 0.25) is 0 Å². The molecule has 0 spiro atoms. The van der Waals surface area contributed by atoms with Crippen molar-refractivity contribution < 1.29 is 103 Å². The van der Waals surface area contributed by atoms with Crippen molar-refractivity contribution in [2.24, 2.45) is 0 Å². The smallest absolute Gasteiger partial charge is 0.870 e. The van der Waals surface area contributed by atoms with E-state index < -0.39 is 20.5 Å². The fourth-order valence-electron chi connectivity index (χ4n) is 7.72. The quantitative estimate of drug-likeness (QED) is 0.159. The van der Waals surface area contributed by atoms with Gasteiger partial charge in [-0.25, -0.2) is 37.3 Å². The Balaban J connectivity index is 0.000000607. The van der Waals surface area contributed by atoms with Gasteiger partial charge in [0, 0.05) is 74.7 Å². The van der Waals surface area contributed by atoms with Crippen molar-refractivity contribution in [2.75, 3.05) is 0 Å². The number of rotatable bonds is 12. The van der Waals surface area contributed by atoms with Gasteiger partial charge in [0.05, 0.1) is 57.0 Å². The Labute approximate surface area is 489 Å². The summed E-state index contributed by atoms with van der Waals surface area (Å²) in [6.45, 7) is 7.65. The van der Waals surface area contributed by atoms with Gasteiger partial charge in [0.1, 0.15) is 0 Å². The van der Waals surface area contributed by atoms with Crippen LogP contribution in [0.2, 0.25) is 0 Å². The minimum Gasteiger partial charge on any atom is -0.870 e. The number of pyridine rings is 4. The summed E-state index contributed by atoms with van der Waals surface area (Å²) in [7, 11) is -9.89. The largest absolute Gasteiger partial charge is 3.00 e.